The van der Waals surface area contributed by atoms with E-state index in [-0.39, 0.29) is 17.4 Å². The first-order valence-electron chi connectivity index (χ1n) is 10.3. The molecular weight excluding hydrogens is 381 g/mol. The molecule has 0 bridgehead atoms. The molecule has 1 N–H and O–H groups in total. The molecule has 1 saturated heterocycles. The van der Waals surface area contributed by atoms with Crippen LogP contribution < -0.4 is 5.32 Å². The first-order valence-corrected chi connectivity index (χ1v) is 10.3. The summed E-state index contributed by atoms with van der Waals surface area (Å²) < 4.78 is 14.6. The molecule has 2 heterocycles. The van der Waals surface area contributed by atoms with Gasteiger partial charge in [0.2, 0.25) is 0 Å². The first-order chi connectivity index (χ1) is 14.6. The molecule has 3 aromatic rings. The van der Waals surface area contributed by atoms with Crippen LogP contribution in [0.1, 0.15) is 39.5 Å². The van der Waals surface area contributed by atoms with E-state index in [0.29, 0.717) is 19.0 Å². The molecule has 0 saturated carbocycles. The molecule has 1 atom stereocenters. The molecule has 0 aliphatic carbocycles. The Kier molecular flexibility index (Phi) is 6.18. The van der Waals surface area contributed by atoms with Gasteiger partial charge < -0.3 is 10.2 Å². The van der Waals surface area contributed by atoms with Crippen molar-refractivity contribution in [3.8, 4) is 0 Å². The van der Waals surface area contributed by atoms with Gasteiger partial charge in [-0.1, -0.05) is 41.6 Å². The highest BCUT2D eigenvalue weighted by Crippen LogP contribution is 2.28. The van der Waals surface area contributed by atoms with Crippen LogP contribution >= 0.6 is 0 Å². The van der Waals surface area contributed by atoms with Crippen LogP contribution in [0, 0.1) is 12.7 Å². The monoisotopic (exact) mass is 407 g/mol. The van der Waals surface area contributed by atoms with Crippen molar-refractivity contribution in [2.75, 3.05) is 26.2 Å². The summed E-state index contributed by atoms with van der Waals surface area (Å²) in [7, 11) is 0. The summed E-state index contributed by atoms with van der Waals surface area (Å²) in [6, 6.07) is 14.8. The van der Waals surface area contributed by atoms with Gasteiger partial charge >= 0.3 is 0 Å². The highest BCUT2D eigenvalue weighted by molar-refractivity contribution is 5.91. The predicted octanol–water partition coefficient (Wildman–Crippen LogP) is 2.99. The molecule has 0 radical (unpaired) electrons. The maximum absolute atomic E-state index is 13.0. The molecule has 1 amide bonds. The van der Waals surface area contributed by atoms with Crippen LogP contribution in [0.3, 0.4) is 0 Å². The Labute approximate surface area is 175 Å². The van der Waals surface area contributed by atoms with Crippen molar-refractivity contribution in [3.05, 3.63) is 82.9 Å². The second-order valence-electron chi connectivity index (χ2n) is 7.83. The van der Waals surface area contributed by atoms with Crippen molar-refractivity contribution < 1.29 is 9.18 Å². The third kappa shape index (κ3) is 4.91. The van der Waals surface area contributed by atoms with Crippen LogP contribution in [0.4, 0.5) is 4.39 Å². The zero-order chi connectivity index (χ0) is 20.9. The number of rotatable bonds is 7. The molecule has 30 heavy (non-hydrogen) atoms. The zero-order valence-corrected chi connectivity index (χ0v) is 17.1. The average Bonchev–Trinajstić information content (AvgIpc) is 3.40. The summed E-state index contributed by atoms with van der Waals surface area (Å²) in [6.07, 6.45) is 2.76. The molecule has 1 aliphatic heterocycles. The van der Waals surface area contributed by atoms with E-state index >= 15 is 0 Å². The van der Waals surface area contributed by atoms with Crippen LogP contribution in [-0.4, -0.2) is 52.0 Å². The normalized spacial score (nSPS) is 16.7. The summed E-state index contributed by atoms with van der Waals surface area (Å²) in [5.41, 5.74) is 3.96. The maximum atomic E-state index is 13.0. The Morgan fingerprint density at radius 3 is 2.80 bits per heavy atom. The summed E-state index contributed by atoms with van der Waals surface area (Å²) in [6.45, 7) is 6.06. The standard InChI is InChI=1S/C23H26FN5O/c1-17-4-2-3-5-21(17)19-10-12-28(15-19)13-11-25-23(30)22-16-29(27-26-22)14-18-6-8-20(24)9-7-18/h2-9,16,19H,10-15H2,1H3,(H,25,30). The molecule has 1 fully saturated rings. The molecule has 0 spiro atoms. The maximum Gasteiger partial charge on any atom is 0.273 e. The Hall–Kier alpha value is -3.06. The third-order valence-corrected chi connectivity index (χ3v) is 5.64. The van der Waals surface area contributed by atoms with Crippen LogP contribution in [0.2, 0.25) is 0 Å². The number of carbonyl (C=O) groups is 1. The molecule has 156 valence electrons. The summed E-state index contributed by atoms with van der Waals surface area (Å²) in [5, 5.41) is 10.9. The number of hydrogen-bond donors (Lipinski definition) is 1. The summed E-state index contributed by atoms with van der Waals surface area (Å²) in [4.78, 5) is 14.8. The number of aryl methyl sites for hydroxylation is 1. The molecule has 4 rings (SSSR count). The second kappa shape index (κ2) is 9.17. The topological polar surface area (TPSA) is 63.1 Å². The molecule has 6 nitrogen and oxygen atoms in total. The smallest absolute Gasteiger partial charge is 0.273 e. The van der Waals surface area contributed by atoms with Gasteiger partial charge in [-0.05, 0) is 54.6 Å². The molecule has 1 unspecified atom stereocenters. The van der Waals surface area contributed by atoms with Gasteiger partial charge in [0.1, 0.15) is 5.82 Å². The number of nitrogens with one attached hydrogen (secondary N) is 1. The van der Waals surface area contributed by atoms with Gasteiger partial charge in [0.05, 0.1) is 12.7 Å². The van der Waals surface area contributed by atoms with E-state index in [1.54, 1.807) is 23.0 Å². The average molecular weight is 407 g/mol. The number of carbonyl (C=O) groups excluding carboxylic acids is 1. The minimum Gasteiger partial charge on any atom is -0.349 e. The van der Waals surface area contributed by atoms with E-state index in [1.807, 2.05) is 0 Å². The van der Waals surface area contributed by atoms with Gasteiger partial charge in [0, 0.05) is 19.6 Å². The van der Waals surface area contributed by atoms with Crippen molar-refractivity contribution in [1.82, 2.24) is 25.2 Å². The van der Waals surface area contributed by atoms with E-state index in [4.69, 9.17) is 0 Å². The van der Waals surface area contributed by atoms with Crippen LogP contribution in [0.5, 0.6) is 0 Å². The van der Waals surface area contributed by atoms with Crippen molar-refractivity contribution >= 4 is 5.91 Å². The van der Waals surface area contributed by atoms with E-state index in [1.165, 1.54) is 23.3 Å². The number of amides is 1. The number of benzene rings is 2. The van der Waals surface area contributed by atoms with E-state index in [2.05, 4.69) is 51.7 Å². The van der Waals surface area contributed by atoms with Crippen molar-refractivity contribution in [2.24, 2.45) is 0 Å². The minimum absolute atomic E-state index is 0.227. The van der Waals surface area contributed by atoms with Crippen molar-refractivity contribution in [2.45, 2.75) is 25.8 Å². The fraction of sp³-hybridized carbons (Fsp3) is 0.348. The van der Waals surface area contributed by atoms with Gasteiger partial charge in [-0.15, -0.1) is 5.10 Å². The SMILES string of the molecule is Cc1ccccc1C1CCN(CCNC(=O)c2cn(Cc3ccc(F)cc3)nn2)C1. The number of likely N-dealkylation sites (tertiary alicyclic amines) is 1. The Balaban J connectivity index is 1.23. The lowest BCUT2D eigenvalue weighted by Crippen LogP contribution is -2.34. The Morgan fingerprint density at radius 1 is 1.20 bits per heavy atom. The first kappa shape index (κ1) is 20.2. The van der Waals surface area contributed by atoms with Crippen molar-refractivity contribution in [1.29, 1.82) is 0 Å². The van der Waals surface area contributed by atoms with Gasteiger partial charge in [-0.25, -0.2) is 9.07 Å². The van der Waals surface area contributed by atoms with E-state index < -0.39 is 0 Å². The Bertz CT molecular complexity index is 1000. The highest BCUT2D eigenvalue weighted by Gasteiger charge is 2.24. The molecule has 7 heteroatoms. The van der Waals surface area contributed by atoms with Crippen LogP contribution in [-0.2, 0) is 6.54 Å². The molecule has 2 aromatic carbocycles. The second-order valence-corrected chi connectivity index (χ2v) is 7.83. The van der Waals surface area contributed by atoms with Gasteiger partial charge in [-0.2, -0.15) is 0 Å². The fourth-order valence-electron chi connectivity index (χ4n) is 4.01. The Morgan fingerprint density at radius 2 is 2.00 bits per heavy atom. The minimum atomic E-state index is -0.277. The molecule has 1 aromatic heterocycles. The van der Waals surface area contributed by atoms with Gasteiger partial charge in [0.25, 0.3) is 5.91 Å². The van der Waals surface area contributed by atoms with Crippen molar-refractivity contribution in [3.63, 3.8) is 0 Å². The lowest BCUT2D eigenvalue weighted by molar-refractivity contribution is 0.0944. The van der Waals surface area contributed by atoms with E-state index in [0.717, 1.165) is 31.6 Å². The van der Waals surface area contributed by atoms with Gasteiger partial charge in [0.15, 0.2) is 5.69 Å². The fourth-order valence-corrected chi connectivity index (χ4v) is 4.01. The molecule has 1 aliphatic rings. The predicted molar refractivity (Wildman–Crippen MR) is 113 cm³/mol. The number of nitrogens with zero attached hydrogens (tertiary/aromatic N) is 4. The number of halogens is 1. The lowest BCUT2D eigenvalue weighted by Gasteiger charge is -2.17. The van der Waals surface area contributed by atoms with Gasteiger partial charge in [-0.3, -0.25) is 4.79 Å². The largest absolute Gasteiger partial charge is 0.349 e. The number of hydrogen-bond acceptors (Lipinski definition) is 4. The number of aromatic nitrogens is 3. The quantitative estimate of drug-likeness (QED) is 0.654. The lowest BCUT2D eigenvalue weighted by atomic mass is 9.94. The van der Waals surface area contributed by atoms with E-state index in [9.17, 15) is 9.18 Å². The highest BCUT2D eigenvalue weighted by atomic mass is 19.1. The summed E-state index contributed by atoms with van der Waals surface area (Å²) >= 11 is 0. The van der Waals surface area contributed by atoms with Crippen LogP contribution in [0.25, 0.3) is 0 Å². The third-order valence-electron chi connectivity index (χ3n) is 5.64. The van der Waals surface area contributed by atoms with Crippen LogP contribution in [0.15, 0.2) is 54.7 Å². The zero-order valence-electron chi connectivity index (χ0n) is 17.1. The summed E-state index contributed by atoms with van der Waals surface area (Å²) in [5.74, 6) is 0.0592. The molecular formula is C23H26FN5O.